The van der Waals surface area contributed by atoms with E-state index < -0.39 is 12.0 Å². The number of carboxylic acids is 1. The Morgan fingerprint density at radius 2 is 2.10 bits per heavy atom. The van der Waals surface area contributed by atoms with Crippen molar-refractivity contribution in [2.45, 2.75) is 31.5 Å². The van der Waals surface area contributed by atoms with Crippen molar-refractivity contribution in [2.24, 2.45) is 0 Å². The summed E-state index contributed by atoms with van der Waals surface area (Å²) in [5, 5.41) is 10.6. The number of rotatable bonds is 4. The maximum absolute atomic E-state index is 12.2. The van der Waals surface area contributed by atoms with Crippen LogP contribution in [0, 0.1) is 0 Å². The van der Waals surface area contributed by atoms with Crippen LogP contribution in [0.2, 0.25) is 0 Å². The van der Waals surface area contributed by atoms with E-state index in [1.165, 1.54) is 9.96 Å². The number of nitrogens with zero attached hydrogens (tertiary/aromatic N) is 2. The first-order valence-corrected chi connectivity index (χ1v) is 6.68. The van der Waals surface area contributed by atoms with Gasteiger partial charge < -0.3 is 14.8 Å². The molecule has 2 atom stereocenters. The zero-order chi connectivity index (χ0) is 14.1. The van der Waals surface area contributed by atoms with E-state index in [4.69, 9.17) is 4.84 Å². The summed E-state index contributed by atoms with van der Waals surface area (Å²) in [7, 11) is 0. The number of carbonyl (C=O) groups excluding carboxylic acids is 1. The highest BCUT2D eigenvalue weighted by Gasteiger charge is 2.50. The first-order valence-electron chi connectivity index (χ1n) is 6.68. The lowest BCUT2D eigenvalue weighted by atomic mass is 10.0. The van der Waals surface area contributed by atoms with Gasteiger partial charge in [-0.15, -0.1) is 0 Å². The lowest BCUT2D eigenvalue weighted by molar-refractivity contribution is -0.140. The molecule has 0 unspecified atom stereocenters. The van der Waals surface area contributed by atoms with Crippen molar-refractivity contribution in [3.63, 3.8) is 0 Å². The van der Waals surface area contributed by atoms with Gasteiger partial charge in [-0.05, 0) is 18.4 Å². The molecule has 2 aliphatic rings. The van der Waals surface area contributed by atoms with Crippen LogP contribution in [0.3, 0.4) is 0 Å². The molecular formula is C14H17N2O4+. The molecule has 2 fully saturated rings. The summed E-state index contributed by atoms with van der Waals surface area (Å²) in [5.41, 5.74) is 0.991. The summed E-state index contributed by atoms with van der Waals surface area (Å²) in [6.07, 6.45) is 1.25. The molecule has 2 N–H and O–H groups in total. The second kappa shape index (κ2) is 5.13. The molecule has 0 radical (unpaired) electrons. The van der Waals surface area contributed by atoms with E-state index in [1.54, 1.807) is 0 Å². The van der Waals surface area contributed by atoms with Crippen molar-refractivity contribution in [1.29, 1.82) is 0 Å². The number of piperidine rings is 1. The minimum absolute atomic E-state index is 0.0122. The molecule has 0 aromatic heterocycles. The average Bonchev–Trinajstić information content (AvgIpc) is 2.70. The Morgan fingerprint density at radius 1 is 1.35 bits per heavy atom. The first-order chi connectivity index (χ1) is 9.66. The van der Waals surface area contributed by atoms with Gasteiger partial charge in [0.15, 0.2) is 6.04 Å². The Kier molecular flexibility index (Phi) is 3.31. The maximum Gasteiger partial charge on any atom is 0.504 e. The fraction of sp³-hybridized carbons (Fsp3) is 0.429. The molecule has 3 rings (SSSR count). The number of aliphatic carboxylic acids is 1. The van der Waals surface area contributed by atoms with Gasteiger partial charge in [-0.2, -0.15) is 5.06 Å². The van der Waals surface area contributed by atoms with E-state index in [9.17, 15) is 14.7 Å². The van der Waals surface area contributed by atoms with Crippen molar-refractivity contribution in [2.75, 3.05) is 6.54 Å². The third-order valence-electron chi connectivity index (χ3n) is 3.83. The lowest BCUT2D eigenvalue weighted by Crippen LogP contribution is -2.45. The summed E-state index contributed by atoms with van der Waals surface area (Å²) < 4.78 is 0. The molecular weight excluding hydrogens is 260 g/mol. The van der Waals surface area contributed by atoms with E-state index in [0.717, 1.165) is 5.56 Å². The second-order valence-corrected chi connectivity index (χ2v) is 5.12. The number of benzene rings is 1. The number of hydrogen-bond acceptors (Lipinski definition) is 2. The number of hydrogen-bond donors (Lipinski definition) is 1. The number of aliphatic hydroxyl groups excluding tert-OH is 1. The molecule has 1 aromatic carbocycles. The van der Waals surface area contributed by atoms with Gasteiger partial charge in [0, 0.05) is 6.54 Å². The predicted octanol–water partition coefficient (Wildman–Crippen LogP) is 1.45. The van der Waals surface area contributed by atoms with Crippen molar-refractivity contribution in [3.05, 3.63) is 35.9 Å². The van der Waals surface area contributed by atoms with Gasteiger partial charge in [-0.1, -0.05) is 30.3 Å². The minimum atomic E-state index is -0.693. The Hall–Kier alpha value is -2.08. The molecule has 1 aromatic rings. The zero-order valence-electron chi connectivity index (χ0n) is 11.0. The third kappa shape index (κ3) is 2.22. The normalized spacial score (nSPS) is 25.1. The van der Waals surface area contributed by atoms with Gasteiger partial charge in [-0.25, -0.2) is 4.79 Å². The highest BCUT2D eigenvalue weighted by atomic mass is 16.7. The number of fused-ring (bicyclic) bond motifs is 2. The molecule has 6 heteroatoms. The molecule has 106 valence electrons. The molecule has 2 amide bonds. The van der Waals surface area contributed by atoms with Crippen LogP contribution in [-0.4, -0.2) is 50.5 Å². The monoisotopic (exact) mass is 277 g/mol. The predicted molar refractivity (Wildman–Crippen MR) is 71.6 cm³/mol. The Bertz CT molecular complexity index is 519. The highest BCUT2D eigenvalue weighted by molar-refractivity contribution is 5.85. The van der Waals surface area contributed by atoms with Crippen molar-refractivity contribution >= 4 is 12.0 Å². The van der Waals surface area contributed by atoms with Crippen LogP contribution >= 0.6 is 0 Å². The maximum atomic E-state index is 12.2. The van der Waals surface area contributed by atoms with E-state index in [1.807, 2.05) is 30.3 Å². The van der Waals surface area contributed by atoms with Crippen LogP contribution in [0.1, 0.15) is 18.4 Å². The Balaban J connectivity index is 1.67. The molecule has 0 saturated carbocycles. The van der Waals surface area contributed by atoms with Crippen LogP contribution in [0.5, 0.6) is 0 Å². The topological polar surface area (TPSA) is 74.4 Å². The number of amides is 2. The van der Waals surface area contributed by atoms with Crippen molar-refractivity contribution < 1.29 is 19.5 Å². The van der Waals surface area contributed by atoms with E-state index >= 15 is 0 Å². The van der Waals surface area contributed by atoms with Crippen LogP contribution < -0.4 is 0 Å². The SMILES string of the molecule is O=C1N2C[C@@H](CC[C@H]2C(O)=[OH+])N1OCc1ccccc1. The zero-order valence-corrected chi connectivity index (χ0v) is 11.0. The quantitative estimate of drug-likeness (QED) is 0.846. The van der Waals surface area contributed by atoms with Crippen LogP contribution in [0.4, 0.5) is 4.79 Å². The summed E-state index contributed by atoms with van der Waals surface area (Å²) in [6.45, 7) is 0.805. The molecule has 2 heterocycles. The van der Waals surface area contributed by atoms with Crippen LogP contribution in [-0.2, 0) is 11.4 Å². The molecule has 2 bridgehead atoms. The standard InChI is InChI=1S/C14H16N2O4/c17-13(18)12-7-6-11-8-15(12)14(19)16(11)20-9-10-4-2-1-3-5-10/h1-5,11-12H,6-9H2,(H,17,18)/p+1/t11-,12+/m1/s1. The van der Waals surface area contributed by atoms with Gasteiger partial charge in [-0.3, -0.25) is 4.84 Å². The molecule has 0 aliphatic carbocycles. The summed E-state index contributed by atoms with van der Waals surface area (Å²) in [5.74, 6) is -0.693. The molecule has 2 aliphatic heterocycles. The smallest absolute Gasteiger partial charge is 0.337 e. The van der Waals surface area contributed by atoms with Gasteiger partial charge in [0.1, 0.15) is 6.61 Å². The average molecular weight is 277 g/mol. The van der Waals surface area contributed by atoms with Gasteiger partial charge in [0.2, 0.25) is 0 Å². The summed E-state index contributed by atoms with van der Waals surface area (Å²) >= 11 is 0. The fourth-order valence-corrected chi connectivity index (χ4v) is 2.78. The van der Waals surface area contributed by atoms with Crippen molar-refractivity contribution in [3.8, 4) is 0 Å². The highest BCUT2D eigenvalue weighted by Crippen LogP contribution is 2.30. The van der Waals surface area contributed by atoms with Gasteiger partial charge in [0.05, 0.1) is 6.04 Å². The van der Waals surface area contributed by atoms with Gasteiger partial charge >= 0.3 is 12.0 Å². The van der Waals surface area contributed by atoms with Gasteiger partial charge in [0.25, 0.3) is 0 Å². The minimum Gasteiger partial charge on any atom is -0.337 e. The number of hydroxylamine groups is 2. The van der Waals surface area contributed by atoms with Crippen molar-refractivity contribution in [1.82, 2.24) is 9.96 Å². The second-order valence-electron chi connectivity index (χ2n) is 5.12. The lowest BCUT2D eigenvalue weighted by Gasteiger charge is -2.24. The summed E-state index contributed by atoms with van der Waals surface area (Å²) in [6, 6.07) is 8.71. The number of urea groups is 1. The molecule has 2 saturated heterocycles. The first kappa shape index (κ1) is 12.9. The van der Waals surface area contributed by atoms with E-state index in [0.29, 0.717) is 26.0 Å². The Labute approximate surface area is 116 Å². The van der Waals surface area contributed by atoms with Crippen LogP contribution in [0.15, 0.2) is 30.3 Å². The van der Waals surface area contributed by atoms with E-state index in [-0.39, 0.29) is 12.1 Å². The van der Waals surface area contributed by atoms with Crippen LogP contribution in [0.25, 0.3) is 0 Å². The molecule has 20 heavy (non-hydrogen) atoms. The molecule has 6 nitrogen and oxygen atoms in total. The van der Waals surface area contributed by atoms with E-state index in [2.05, 4.69) is 0 Å². The number of carbonyl (C=O) groups is 1. The Morgan fingerprint density at radius 3 is 2.80 bits per heavy atom. The fourth-order valence-electron chi connectivity index (χ4n) is 2.78. The molecule has 0 spiro atoms. The third-order valence-corrected chi connectivity index (χ3v) is 3.83. The largest absolute Gasteiger partial charge is 0.504 e. The summed E-state index contributed by atoms with van der Waals surface area (Å²) in [4.78, 5) is 28.5. The number of carboxylic acid groups (broad SMARTS) is 1.